The van der Waals surface area contributed by atoms with E-state index in [4.69, 9.17) is 0 Å². The van der Waals surface area contributed by atoms with Gasteiger partial charge in [-0.15, -0.1) is 10.2 Å². The summed E-state index contributed by atoms with van der Waals surface area (Å²) in [5.41, 5.74) is 3.00. The van der Waals surface area contributed by atoms with Gasteiger partial charge < -0.3 is 9.88 Å². The third kappa shape index (κ3) is 3.57. The third-order valence-electron chi connectivity index (χ3n) is 9.32. The van der Waals surface area contributed by atoms with E-state index in [1.807, 2.05) is 35.9 Å². The van der Waals surface area contributed by atoms with Crippen LogP contribution in [0.25, 0.3) is 10.8 Å². The second-order valence-corrected chi connectivity index (χ2v) is 12.2. The minimum Gasteiger partial charge on any atom is -0.320 e. The van der Waals surface area contributed by atoms with Gasteiger partial charge in [-0.1, -0.05) is 6.92 Å². The Balaban J connectivity index is 1.30. The minimum absolute atomic E-state index is 0.00540. The molecule has 0 bridgehead atoms. The van der Waals surface area contributed by atoms with Crippen molar-refractivity contribution < 1.29 is 9.18 Å². The Kier molecular flexibility index (Phi) is 5.27. The Morgan fingerprint density at radius 3 is 2.62 bits per heavy atom. The number of nitrogens with one attached hydrogen (secondary N) is 1. The number of hydrogen-bond acceptors (Lipinski definition) is 5. The van der Waals surface area contributed by atoms with Crippen LogP contribution in [0.2, 0.25) is 0 Å². The molecule has 2 aliphatic carbocycles. The number of aryl methyl sites for hydroxylation is 1. The standard InChI is InChI=1S/C31H33FN6O/c1-18-15-31(16-18,29-36-34-17-37(29)4)21-8-11-33-26(14-21)38-25-7-6-24(32)22-12-20(13-23(27(22)25)28(38)39)19(2)35-30(3)9-5-10-30/h6-8,11-14,17-19,35H,5,9-10,15-16H2,1-4H3. The summed E-state index contributed by atoms with van der Waals surface area (Å²) >= 11 is 0. The molecule has 0 radical (unpaired) electrons. The monoisotopic (exact) mass is 524 g/mol. The highest BCUT2D eigenvalue weighted by molar-refractivity contribution is 6.27. The van der Waals surface area contributed by atoms with Crippen molar-refractivity contribution in [1.29, 1.82) is 0 Å². The summed E-state index contributed by atoms with van der Waals surface area (Å²) in [5, 5.41) is 13.4. The first-order valence-electron chi connectivity index (χ1n) is 13.9. The zero-order chi connectivity index (χ0) is 27.1. The van der Waals surface area contributed by atoms with E-state index < -0.39 is 0 Å². The maximum atomic E-state index is 15.2. The molecule has 7 rings (SSSR count). The Bertz CT molecular complexity index is 1630. The molecule has 0 spiro atoms. The normalized spacial score (nSPS) is 24.1. The van der Waals surface area contributed by atoms with Gasteiger partial charge in [0.2, 0.25) is 0 Å². The van der Waals surface area contributed by atoms with E-state index in [0.29, 0.717) is 33.8 Å². The van der Waals surface area contributed by atoms with Gasteiger partial charge in [0.25, 0.3) is 5.91 Å². The Labute approximate surface area is 227 Å². The summed E-state index contributed by atoms with van der Waals surface area (Å²) < 4.78 is 17.2. The SMILES string of the molecule is CC1CC(c2ccnc(N3C(=O)c4cc(C(C)NC5(C)CCC5)cc5c(F)ccc3c45)c2)(c2nncn2C)C1. The first-order valence-corrected chi connectivity index (χ1v) is 13.9. The molecule has 2 fully saturated rings. The predicted molar refractivity (Wildman–Crippen MR) is 149 cm³/mol. The maximum Gasteiger partial charge on any atom is 0.264 e. The average Bonchev–Trinajstić information content (AvgIpc) is 3.44. The minimum atomic E-state index is -0.319. The topological polar surface area (TPSA) is 75.9 Å². The van der Waals surface area contributed by atoms with Gasteiger partial charge in [-0.3, -0.25) is 9.69 Å². The van der Waals surface area contributed by atoms with Crippen molar-refractivity contribution in [3.63, 3.8) is 0 Å². The van der Waals surface area contributed by atoms with Crippen LogP contribution in [0.1, 0.15) is 86.2 Å². The van der Waals surface area contributed by atoms with Crippen molar-refractivity contribution in [2.45, 2.75) is 69.9 Å². The molecule has 1 N–H and O–H groups in total. The van der Waals surface area contributed by atoms with E-state index in [9.17, 15) is 4.79 Å². The number of nitrogens with zero attached hydrogens (tertiary/aromatic N) is 5. The molecule has 0 saturated heterocycles. The first-order chi connectivity index (χ1) is 18.7. The number of anilines is 2. The number of hydrogen-bond donors (Lipinski definition) is 1. The van der Waals surface area contributed by atoms with E-state index in [-0.39, 0.29) is 28.7 Å². The molecule has 1 unspecified atom stereocenters. The Morgan fingerprint density at radius 2 is 1.95 bits per heavy atom. The van der Waals surface area contributed by atoms with Gasteiger partial charge in [0.05, 0.1) is 16.7 Å². The van der Waals surface area contributed by atoms with Gasteiger partial charge in [0, 0.05) is 35.6 Å². The van der Waals surface area contributed by atoms with Gasteiger partial charge in [-0.25, -0.2) is 9.37 Å². The highest BCUT2D eigenvalue weighted by atomic mass is 19.1. The fourth-order valence-electron chi connectivity index (χ4n) is 7.21. The first kappa shape index (κ1) is 24.4. The maximum absolute atomic E-state index is 15.2. The Morgan fingerprint density at radius 1 is 1.15 bits per heavy atom. The molecule has 1 atom stereocenters. The summed E-state index contributed by atoms with van der Waals surface area (Å²) in [6, 6.07) is 11.0. The molecule has 1 amide bonds. The molecule has 2 saturated carbocycles. The average molecular weight is 525 g/mol. The molecular weight excluding hydrogens is 491 g/mol. The van der Waals surface area contributed by atoms with Gasteiger partial charge in [-0.05, 0) is 99.4 Å². The van der Waals surface area contributed by atoms with E-state index >= 15 is 4.39 Å². The predicted octanol–water partition coefficient (Wildman–Crippen LogP) is 6.10. The number of rotatable bonds is 6. The van der Waals surface area contributed by atoms with Gasteiger partial charge >= 0.3 is 0 Å². The van der Waals surface area contributed by atoms with Crippen molar-refractivity contribution in [1.82, 2.24) is 25.1 Å². The summed E-state index contributed by atoms with van der Waals surface area (Å²) in [7, 11) is 1.97. The number of pyridine rings is 1. The molecular formula is C31H33FN6O. The van der Waals surface area contributed by atoms with E-state index in [0.717, 1.165) is 42.6 Å². The molecule has 4 aromatic rings. The lowest BCUT2D eigenvalue weighted by atomic mass is 9.58. The fourth-order valence-corrected chi connectivity index (χ4v) is 7.21. The molecule has 200 valence electrons. The number of amides is 1. The van der Waals surface area contributed by atoms with Crippen LogP contribution in [0, 0.1) is 11.7 Å². The van der Waals surface area contributed by atoms with Crippen LogP contribution in [0.5, 0.6) is 0 Å². The van der Waals surface area contributed by atoms with E-state index in [1.54, 1.807) is 23.5 Å². The van der Waals surface area contributed by atoms with Crippen LogP contribution in [0.15, 0.2) is 48.9 Å². The number of halogens is 1. The second-order valence-electron chi connectivity index (χ2n) is 12.2. The highest BCUT2D eigenvalue weighted by Crippen LogP contribution is 2.52. The molecule has 39 heavy (non-hydrogen) atoms. The van der Waals surface area contributed by atoms with Crippen LogP contribution in [0.4, 0.5) is 15.9 Å². The number of carbonyl (C=O) groups is 1. The smallest absolute Gasteiger partial charge is 0.264 e. The third-order valence-corrected chi connectivity index (χ3v) is 9.32. The lowest BCUT2D eigenvalue weighted by molar-refractivity contribution is 0.100. The Hall–Kier alpha value is -3.65. The van der Waals surface area contributed by atoms with Crippen LogP contribution >= 0.6 is 0 Å². The molecule has 3 heterocycles. The largest absolute Gasteiger partial charge is 0.320 e. The fraction of sp³-hybridized carbons (Fsp3) is 0.419. The van der Waals surface area contributed by atoms with Gasteiger partial charge in [0.15, 0.2) is 0 Å². The summed E-state index contributed by atoms with van der Waals surface area (Å²) in [4.78, 5) is 20.3. The number of benzene rings is 2. The number of aromatic nitrogens is 4. The zero-order valence-corrected chi connectivity index (χ0v) is 22.8. The number of carbonyl (C=O) groups excluding carboxylic acids is 1. The van der Waals surface area contributed by atoms with Crippen molar-refractivity contribution in [2.24, 2.45) is 13.0 Å². The van der Waals surface area contributed by atoms with Gasteiger partial charge in [0.1, 0.15) is 23.8 Å². The lowest BCUT2D eigenvalue weighted by Crippen LogP contribution is -2.49. The zero-order valence-electron chi connectivity index (χ0n) is 22.8. The van der Waals surface area contributed by atoms with Gasteiger partial charge in [-0.2, -0.15) is 0 Å². The van der Waals surface area contributed by atoms with Crippen molar-refractivity contribution >= 4 is 28.2 Å². The van der Waals surface area contributed by atoms with E-state index in [2.05, 4.69) is 41.3 Å². The quantitative estimate of drug-likeness (QED) is 0.330. The summed E-state index contributed by atoms with van der Waals surface area (Å²) in [6.45, 7) is 6.56. The molecule has 2 aromatic carbocycles. The highest BCUT2D eigenvalue weighted by Gasteiger charge is 2.48. The van der Waals surface area contributed by atoms with Crippen molar-refractivity contribution in [2.75, 3.05) is 4.90 Å². The van der Waals surface area contributed by atoms with Crippen LogP contribution in [0.3, 0.4) is 0 Å². The molecule has 8 heteroatoms. The van der Waals surface area contributed by atoms with Crippen molar-refractivity contribution in [3.05, 3.63) is 77.3 Å². The van der Waals surface area contributed by atoms with Crippen LogP contribution < -0.4 is 10.2 Å². The molecule has 7 nitrogen and oxygen atoms in total. The molecule has 3 aliphatic rings. The molecule has 1 aliphatic heterocycles. The summed E-state index contributed by atoms with van der Waals surface area (Å²) in [5.74, 6) is 1.52. The van der Waals surface area contributed by atoms with Crippen LogP contribution in [-0.4, -0.2) is 31.2 Å². The second kappa shape index (κ2) is 8.42. The molecule has 2 aromatic heterocycles. The summed E-state index contributed by atoms with van der Waals surface area (Å²) in [6.07, 6.45) is 8.86. The van der Waals surface area contributed by atoms with Crippen LogP contribution in [-0.2, 0) is 12.5 Å². The lowest BCUT2D eigenvalue weighted by Gasteiger charge is -2.46. The van der Waals surface area contributed by atoms with Crippen molar-refractivity contribution in [3.8, 4) is 0 Å². The van der Waals surface area contributed by atoms with E-state index in [1.165, 1.54) is 12.5 Å².